The van der Waals surface area contributed by atoms with Crippen LogP contribution in [0.25, 0.3) is 0 Å². The number of benzene rings is 1. The van der Waals surface area contributed by atoms with Crippen LogP contribution in [-0.4, -0.2) is 20.8 Å². The number of nitriles is 1. The molecule has 0 amide bonds. The van der Waals surface area contributed by atoms with E-state index >= 15 is 0 Å². The minimum absolute atomic E-state index is 0.106. The Balaban J connectivity index is 2.36. The van der Waals surface area contributed by atoms with Gasteiger partial charge in [-0.1, -0.05) is 0 Å². The van der Waals surface area contributed by atoms with Crippen LogP contribution < -0.4 is 4.74 Å². The molecule has 0 bridgehead atoms. The van der Waals surface area contributed by atoms with Crippen molar-refractivity contribution in [2.24, 2.45) is 0 Å². The highest BCUT2D eigenvalue weighted by atomic mass is 35.7. The number of hydrogen-bond acceptors (Lipinski definition) is 4. The molecule has 0 aliphatic heterocycles. The Kier molecular flexibility index (Phi) is 4.59. The first-order valence-corrected chi connectivity index (χ1v) is 7.04. The molecule has 0 unspecified atom stereocenters. The van der Waals surface area contributed by atoms with Crippen LogP contribution >= 0.6 is 10.7 Å². The summed E-state index contributed by atoms with van der Waals surface area (Å²) in [6, 6.07) is 8.58. The Morgan fingerprint density at radius 3 is 2.44 bits per heavy atom. The topological polar surface area (TPSA) is 67.2 Å². The molecule has 0 N–H and O–H groups in total. The van der Waals surface area contributed by atoms with E-state index in [9.17, 15) is 8.42 Å². The largest absolute Gasteiger partial charge is 0.494 e. The molecular formula is C10H10ClNO3S. The molecular weight excluding hydrogens is 250 g/mol. The van der Waals surface area contributed by atoms with Gasteiger partial charge < -0.3 is 4.74 Å². The average Bonchev–Trinajstić information content (AvgIpc) is 2.24. The van der Waals surface area contributed by atoms with Gasteiger partial charge >= 0.3 is 0 Å². The summed E-state index contributed by atoms with van der Waals surface area (Å²) in [5.41, 5.74) is 0.552. The van der Waals surface area contributed by atoms with Gasteiger partial charge in [0.15, 0.2) is 0 Å². The summed E-state index contributed by atoms with van der Waals surface area (Å²) < 4.78 is 26.5. The highest BCUT2D eigenvalue weighted by molar-refractivity contribution is 8.13. The molecule has 16 heavy (non-hydrogen) atoms. The second-order valence-electron chi connectivity index (χ2n) is 3.08. The first-order chi connectivity index (χ1) is 7.51. The summed E-state index contributed by atoms with van der Waals surface area (Å²) in [6.45, 7) is 0.276. The maximum Gasteiger partial charge on any atom is 0.232 e. The van der Waals surface area contributed by atoms with Crippen molar-refractivity contribution < 1.29 is 13.2 Å². The van der Waals surface area contributed by atoms with Gasteiger partial charge in [-0.3, -0.25) is 0 Å². The lowest BCUT2D eigenvalue weighted by Crippen LogP contribution is -2.04. The molecule has 0 saturated heterocycles. The summed E-state index contributed by atoms with van der Waals surface area (Å²) >= 11 is 0. The van der Waals surface area contributed by atoms with Crippen molar-refractivity contribution in [3.8, 4) is 11.8 Å². The molecule has 0 fully saturated rings. The normalized spacial score (nSPS) is 10.8. The molecule has 0 aliphatic carbocycles. The SMILES string of the molecule is N#Cc1ccc(OCCCS(=O)(=O)Cl)cc1. The summed E-state index contributed by atoms with van der Waals surface area (Å²) in [7, 11) is 1.60. The summed E-state index contributed by atoms with van der Waals surface area (Å²) in [4.78, 5) is 0. The van der Waals surface area contributed by atoms with Gasteiger partial charge in [0.1, 0.15) is 5.75 Å². The van der Waals surface area contributed by atoms with Crippen LogP contribution in [-0.2, 0) is 9.05 Å². The van der Waals surface area contributed by atoms with Gasteiger partial charge in [-0.05, 0) is 30.7 Å². The molecule has 0 aliphatic rings. The van der Waals surface area contributed by atoms with E-state index in [2.05, 4.69) is 0 Å². The molecule has 0 saturated carbocycles. The lowest BCUT2D eigenvalue weighted by molar-refractivity contribution is 0.318. The van der Waals surface area contributed by atoms with Gasteiger partial charge in [0.25, 0.3) is 0 Å². The minimum atomic E-state index is -3.44. The Bertz CT molecular complexity index is 476. The summed E-state index contributed by atoms with van der Waals surface area (Å²) in [5.74, 6) is 0.496. The van der Waals surface area contributed by atoms with Gasteiger partial charge in [-0.15, -0.1) is 0 Å². The standard InChI is InChI=1S/C10H10ClNO3S/c11-16(13,14)7-1-6-15-10-4-2-9(8-12)3-5-10/h2-5H,1,6-7H2. The number of nitrogens with zero attached hydrogens (tertiary/aromatic N) is 1. The number of ether oxygens (including phenoxy) is 1. The zero-order valence-corrected chi connectivity index (χ0v) is 9.96. The fourth-order valence-corrected chi connectivity index (χ4v) is 1.84. The molecule has 1 aromatic carbocycles. The minimum Gasteiger partial charge on any atom is -0.494 e. The zero-order valence-electron chi connectivity index (χ0n) is 8.39. The van der Waals surface area contributed by atoms with Crippen LogP contribution in [0.2, 0.25) is 0 Å². The van der Waals surface area contributed by atoms with Crippen molar-refractivity contribution >= 4 is 19.7 Å². The molecule has 1 aromatic rings. The van der Waals surface area contributed by atoms with E-state index in [1.807, 2.05) is 6.07 Å². The number of rotatable bonds is 5. The van der Waals surface area contributed by atoms with Gasteiger partial charge in [0, 0.05) is 10.7 Å². The Morgan fingerprint density at radius 2 is 1.94 bits per heavy atom. The van der Waals surface area contributed by atoms with Crippen LogP contribution in [0.3, 0.4) is 0 Å². The maximum atomic E-state index is 10.6. The third kappa shape index (κ3) is 5.01. The van der Waals surface area contributed by atoms with E-state index in [-0.39, 0.29) is 12.4 Å². The van der Waals surface area contributed by atoms with Crippen LogP contribution in [0.5, 0.6) is 5.75 Å². The molecule has 0 spiro atoms. The Morgan fingerprint density at radius 1 is 1.31 bits per heavy atom. The monoisotopic (exact) mass is 259 g/mol. The zero-order chi connectivity index (χ0) is 12.0. The van der Waals surface area contributed by atoms with E-state index in [0.717, 1.165) is 0 Å². The fourth-order valence-electron chi connectivity index (χ4n) is 1.05. The maximum absolute atomic E-state index is 10.6. The summed E-state index contributed by atoms with van der Waals surface area (Å²) in [6.07, 6.45) is 0.339. The van der Waals surface area contributed by atoms with E-state index in [1.54, 1.807) is 24.3 Å². The lowest BCUT2D eigenvalue weighted by Gasteiger charge is -2.04. The Hall–Kier alpha value is -1.25. The van der Waals surface area contributed by atoms with Crippen LogP contribution in [0.15, 0.2) is 24.3 Å². The first-order valence-electron chi connectivity index (χ1n) is 4.56. The van der Waals surface area contributed by atoms with E-state index in [0.29, 0.717) is 17.7 Å². The Labute approximate surface area is 98.8 Å². The predicted octanol–water partition coefficient (Wildman–Crippen LogP) is 1.90. The number of hydrogen-bond donors (Lipinski definition) is 0. The third-order valence-corrected chi connectivity index (χ3v) is 3.02. The molecule has 0 atom stereocenters. The molecule has 0 radical (unpaired) electrons. The second kappa shape index (κ2) is 5.73. The van der Waals surface area contributed by atoms with E-state index in [4.69, 9.17) is 20.7 Å². The first kappa shape index (κ1) is 12.8. The highest BCUT2D eigenvalue weighted by Gasteiger charge is 2.04. The van der Waals surface area contributed by atoms with Crippen molar-refractivity contribution in [1.82, 2.24) is 0 Å². The van der Waals surface area contributed by atoms with Gasteiger partial charge in [-0.25, -0.2) is 8.42 Å². The van der Waals surface area contributed by atoms with Crippen molar-refractivity contribution in [2.45, 2.75) is 6.42 Å². The predicted molar refractivity (Wildman–Crippen MR) is 60.9 cm³/mol. The lowest BCUT2D eigenvalue weighted by atomic mass is 10.2. The van der Waals surface area contributed by atoms with Crippen LogP contribution in [0, 0.1) is 11.3 Å². The highest BCUT2D eigenvalue weighted by Crippen LogP contribution is 2.12. The third-order valence-electron chi connectivity index (χ3n) is 1.78. The van der Waals surface area contributed by atoms with Crippen molar-refractivity contribution in [3.63, 3.8) is 0 Å². The smallest absolute Gasteiger partial charge is 0.232 e. The molecule has 0 aromatic heterocycles. The molecule has 4 nitrogen and oxygen atoms in total. The average molecular weight is 260 g/mol. The molecule has 6 heteroatoms. The van der Waals surface area contributed by atoms with Gasteiger partial charge in [0.05, 0.1) is 24.0 Å². The molecule has 86 valence electrons. The van der Waals surface area contributed by atoms with E-state index in [1.165, 1.54) is 0 Å². The van der Waals surface area contributed by atoms with Crippen molar-refractivity contribution in [2.75, 3.05) is 12.4 Å². The van der Waals surface area contributed by atoms with E-state index < -0.39 is 9.05 Å². The molecule has 0 heterocycles. The number of halogens is 1. The fraction of sp³-hybridized carbons (Fsp3) is 0.300. The van der Waals surface area contributed by atoms with Crippen LogP contribution in [0.4, 0.5) is 0 Å². The van der Waals surface area contributed by atoms with Crippen LogP contribution in [0.1, 0.15) is 12.0 Å². The molecule has 1 rings (SSSR count). The quantitative estimate of drug-likeness (QED) is 0.598. The van der Waals surface area contributed by atoms with Gasteiger partial charge in [-0.2, -0.15) is 5.26 Å². The second-order valence-corrected chi connectivity index (χ2v) is 5.98. The van der Waals surface area contributed by atoms with Crippen molar-refractivity contribution in [3.05, 3.63) is 29.8 Å². The van der Waals surface area contributed by atoms with Gasteiger partial charge in [0.2, 0.25) is 9.05 Å². The van der Waals surface area contributed by atoms with Crippen molar-refractivity contribution in [1.29, 1.82) is 5.26 Å². The summed E-state index contributed by atoms with van der Waals surface area (Å²) in [5, 5.41) is 8.56.